The summed E-state index contributed by atoms with van der Waals surface area (Å²) in [6.45, 7) is 0.854. The van der Waals surface area contributed by atoms with Crippen LogP contribution in [0.1, 0.15) is 30.7 Å². The fraction of sp³-hybridized carbons (Fsp3) is 0.444. The number of hydrogen-bond donors (Lipinski definition) is 1. The monoisotopic (exact) mass is 346 g/mol. The zero-order valence-electron chi connectivity index (χ0n) is 13.6. The summed E-state index contributed by atoms with van der Waals surface area (Å²) in [5.41, 5.74) is -0.296. The molecule has 6 heteroatoms. The summed E-state index contributed by atoms with van der Waals surface area (Å²) in [7, 11) is 0. The molecular formula is C18H22N2O3S. The third-order valence-electron chi connectivity index (χ3n) is 4.15. The molecule has 0 aliphatic heterocycles. The van der Waals surface area contributed by atoms with E-state index in [1.807, 2.05) is 35.7 Å². The van der Waals surface area contributed by atoms with Crippen LogP contribution in [0.2, 0.25) is 0 Å². The van der Waals surface area contributed by atoms with E-state index in [1.165, 1.54) is 0 Å². The van der Waals surface area contributed by atoms with Gasteiger partial charge in [-0.25, -0.2) is 4.98 Å². The van der Waals surface area contributed by atoms with Crippen molar-refractivity contribution in [3.8, 4) is 5.75 Å². The van der Waals surface area contributed by atoms with Gasteiger partial charge in [-0.05, 0) is 25.0 Å². The third kappa shape index (κ3) is 4.33. The number of carbonyl (C=O) groups is 1. The lowest BCUT2D eigenvalue weighted by Gasteiger charge is -2.28. The molecule has 128 valence electrons. The lowest BCUT2D eigenvalue weighted by atomic mass is 9.98. The Bertz CT molecular complexity index is 625. The van der Waals surface area contributed by atoms with Crippen LogP contribution < -0.4 is 10.1 Å². The van der Waals surface area contributed by atoms with E-state index in [0.29, 0.717) is 13.2 Å². The highest BCUT2D eigenvalue weighted by Crippen LogP contribution is 2.39. The van der Waals surface area contributed by atoms with Crippen LogP contribution in [0.3, 0.4) is 0 Å². The second-order valence-corrected chi connectivity index (χ2v) is 6.78. The molecule has 1 aliphatic rings. The number of amides is 1. The van der Waals surface area contributed by atoms with Crippen LogP contribution in [0, 0.1) is 0 Å². The van der Waals surface area contributed by atoms with Gasteiger partial charge in [0.05, 0.1) is 12.1 Å². The Hall–Kier alpha value is -1.92. The number of ether oxygens (including phenoxy) is 2. The molecule has 1 amide bonds. The van der Waals surface area contributed by atoms with Gasteiger partial charge < -0.3 is 14.8 Å². The van der Waals surface area contributed by atoms with Gasteiger partial charge in [-0.15, -0.1) is 11.3 Å². The predicted octanol–water partition coefficient (Wildman–Crippen LogP) is 3.12. The number of nitrogens with one attached hydrogen (secondary N) is 1. The molecule has 1 saturated carbocycles. The summed E-state index contributed by atoms with van der Waals surface area (Å²) in [5.74, 6) is 0.714. The Morgan fingerprint density at radius 1 is 1.21 bits per heavy atom. The quantitative estimate of drug-likeness (QED) is 0.746. The summed E-state index contributed by atoms with van der Waals surface area (Å²) in [6.07, 6.45) is 5.92. The van der Waals surface area contributed by atoms with Gasteiger partial charge in [-0.2, -0.15) is 0 Å². The summed E-state index contributed by atoms with van der Waals surface area (Å²) in [4.78, 5) is 16.6. The predicted molar refractivity (Wildman–Crippen MR) is 93.2 cm³/mol. The van der Waals surface area contributed by atoms with Gasteiger partial charge in [0.2, 0.25) is 5.91 Å². The molecule has 1 aromatic heterocycles. The third-order valence-corrected chi connectivity index (χ3v) is 5.13. The van der Waals surface area contributed by atoms with Crippen LogP contribution in [-0.2, 0) is 15.1 Å². The average molecular weight is 346 g/mol. The van der Waals surface area contributed by atoms with Crippen LogP contribution in [0.15, 0.2) is 41.9 Å². The molecule has 0 unspecified atom stereocenters. The van der Waals surface area contributed by atoms with Gasteiger partial charge in [-0.3, -0.25) is 4.79 Å². The summed E-state index contributed by atoms with van der Waals surface area (Å²) >= 11 is 1.60. The molecular weight excluding hydrogens is 324 g/mol. The Morgan fingerprint density at radius 3 is 2.71 bits per heavy atom. The number of carbonyl (C=O) groups excluding carboxylic acids is 1. The molecule has 1 fully saturated rings. The van der Waals surface area contributed by atoms with E-state index in [2.05, 4.69) is 10.3 Å². The normalized spacial score (nSPS) is 16.0. The van der Waals surface area contributed by atoms with Crippen molar-refractivity contribution in [3.63, 3.8) is 0 Å². The minimum Gasteiger partial charge on any atom is -0.491 e. The molecule has 0 saturated heterocycles. The van der Waals surface area contributed by atoms with Gasteiger partial charge in [0, 0.05) is 11.6 Å². The molecule has 0 radical (unpaired) electrons. The number of rotatable bonds is 8. The first-order valence-corrected chi connectivity index (χ1v) is 9.13. The van der Waals surface area contributed by atoms with E-state index in [-0.39, 0.29) is 18.1 Å². The summed E-state index contributed by atoms with van der Waals surface area (Å²) in [6, 6.07) is 9.57. The number of para-hydroxylation sites is 1. The highest BCUT2D eigenvalue weighted by atomic mass is 32.1. The molecule has 1 N–H and O–H groups in total. The molecule has 24 heavy (non-hydrogen) atoms. The highest BCUT2D eigenvalue weighted by molar-refractivity contribution is 7.09. The van der Waals surface area contributed by atoms with Gasteiger partial charge >= 0.3 is 0 Å². The molecule has 1 heterocycles. The summed E-state index contributed by atoms with van der Waals surface area (Å²) < 4.78 is 11.0. The maximum atomic E-state index is 12.2. The number of nitrogens with zero attached hydrogens (tertiary/aromatic N) is 1. The molecule has 3 rings (SSSR count). The molecule has 5 nitrogen and oxygen atoms in total. The second kappa shape index (κ2) is 8.26. The lowest BCUT2D eigenvalue weighted by Crippen LogP contribution is -2.45. The number of aromatic nitrogens is 1. The van der Waals surface area contributed by atoms with Crippen LogP contribution in [0.25, 0.3) is 0 Å². The van der Waals surface area contributed by atoms with Crippen molar-refractivity contribution < 1.29 is 14.3 Å². The maximum Gasteiger partial charge on any atom is 0.246 e. The van der Waals surface area contributed by atoms with Crippen molar-refractivity contribution in [2.75, 3.05) is 19.8 Å². The van der Waals surface area contributed by atoms with Crippen molar-refractivity contribution in [3.05, 3.63) is 46.9 Å². The van der Waals surface area contributed by atoms with Crippen molar-refractivity contribution in [1.82, 2.24) is 10.3 Å². The van der Waals surface area contributed by atoms with Crippen LogP contribution in [-0.4, -0.2) is 30.7 Å². The minimum atomic E-state index is -0.296. The Balaban J connectivity index is 1.40. The van der Waals surface area contributed by atoms with E-state index in [9.17, 15) is 4.79 Å². The minimum absolute atomic E-state index is 0.0469. The number of benzene rings is 1. The first-order valence-electron chi connectivity index (χ1n) is 8.25. The SMILES string of the molecule is O=C(COCCOc1ccccc1)NC1(c2nccs2)CCCC1. The highest BCUT2D eigenvalue weighted by Gasteiger charge is 2.39. The van der Waals surface area contributed by atoms with Crippen molar-refractivity contribution in [1.29, 1.82) is 0 Å². The molecule has 0 spiro atoms. The van der Waals surface area contributed by atoms with E-state index in [4.69, 9.17) is 9.47 Å². The maximum absolute atomic E-state index is 12.2. The van der Waals surface area contributed by atoms with E-state index < -0.39 is 0 Å². The van der Waals surface area contributed by atoms with E-state index in [0.717, 1.165) is 36.4 Å². The largest absolute Gasteiger partial charge is 0.491 e. The number of thiazole rings is 1. The zero-order valence-corrected chi connectivity index (χ0v) is 14.4. The van der Waals surface area contributed by atoms with E-state index in [1.54, 1.807) is 17.5 Å². The van der Waals surface area contributed by atoms with Crippen LogP contribution in [0.5, 0.6) is 5.75 Å². The molecule has 1 aliphatic carbocycles. The van der Waals surface area contributed by atoms with Crippen molar-refractivity contribution >= 4 is 17.2 Å². The smallest absolute Gasteiger partial charge is 0.246 e. The van der Waals surface area contributed by atoms with E-state index >= 15 is 0 Å². The van der Waals surface area contributed by atoms with Crippen LogP contribution in [0.4, 0.5) is 0 Å². The van der Waals surface area contributed by atoms with Crippen molar-refractivity contribution in [2.24, 2.45) is 0 Å². The fourth-order valence-corrected chi connectivity index (χ4v) is 3.89. The zero-order chi connectivity index (χ0) is 16.7. The Labute approximate surface area is 146 Å². The molecule has 1 aromatic carbocycles. The van der Waals surface area contributed by atoms with Gasteiger partial charge in [0.25, 0.3) is 0 Å². The molecule has 2 aromatic rings. The number of hydrogen-bond acceptors (Lipinski definition) is 5. The van der Waals surface area contributed by atoms with Gasteiger partial charge in [0.1, 0.15) is 24.0 Å². The topological polar surface area (TPSA) is 60.5 Å². The summed E-state index contributed by atoms with van der Waals surface area (Å²) in [5, 5.41) is 6.10. The Morgan fingerprint density at radius 2 is 2.00 bits per heavy atom. The fourth-order valence-electron chi connectivity index (χ4n) is 3.03. The first kappa shape index (κ1) is 16.9. The van der Waals surface area contributed by atoms with Gasteiger partial charge in [-0.1, -0.05) is 31.0 Å². The second-order valence-electron chi connectivity index (χ2n) is 5.89. The lowest BCUT2D eigenvalue weighted by molar-refractivity contribution is -0.128. The Kier molecular flexibility index (Phi) is 5.82. The first-order chi connectivity index (χ1) is 11.8. The average Bonchev–Trinajstić information content (AvgIpc) is 3.28. The molecule has 0 atom stereocenters. The van der Waals surface area contributed by atoms with Gasteiger partial charge in [0.15, 0.2) is 0 Å². The van der Waals surface area contributed by atoms with Crippen molar-refractivity contribution in [2.45, 2.75) is 31.2 Å². The van der Waals surface area contributed by atoms with Crippen LogP contribution >= 0.6 is 11.3 Å². The standard InChI is InChI=1S/C18H22N2O3S/c21-16(14-22-11-12-23-15-6-2-1-3-7-15)20-18(8-4-5-9-18)17-19-10-13-24-17/h1-3,6-7,10,13H,4-5,8-9,11-12,14H2,(H,20,21). The molecule has 0 bridgehead atoms.